The molecule has 162 valence electrons. The molecule has 2 aliphatic rings. The quantitative estimate of drug-likeness (QED) is 0.243. The first-order valence-corrected chi connectivity index (χ1v) is 12.0. The number of imidazole rings is 1. The Bertz CT molecular complexity index is 2070. The fourth-order valence-electron chi connectivity index (χ4n) is 6.46. The van der Waals surface area contributed by atoms with Gasteiger partial charge in [-0.15, -0.1) is 0 Å². The zero-order valence-corrected chi connectivity index (χ0v) is 18.8. The van der Waals surface area contributed by atoms with Crippen LogP contribution in [0.15, 0.2) is 85.2 Å². The zero-order valence-electron chi connectivity index (χ0n) is 18.8. The molecular weight excluding hydrogens is 428 g/mol. The molecule has 0 spiro atoms. The zero-order chi connectivity index (χ0) is 22.7. The van der Waals surface area contributed by atoms with E-state index in [2.05, 4.69) is 70.0 Å². The van der Waals surface area contributed by atoms with Crippen molar-refractivity contribution in [2.75, 3.05) is 0 Å². The normalized spacial score (nSPS) is 13.5. The van der Waals surface area contributed by atoms with Crippen molar-refractivity contribution in [2.45, 2.75) is 12.8 Å². The first kappa shape index (κ1) is 17.8. The minimum Gasteiger partial charge on any atom is -0.274 e. The summed E-state index contributed by atoms with van der Waals surface area (Å²) in [5.41, 5.74) is 14.7. The van der Waals surface area contributed by atoms with Crippen LogP contribution < -0.4 is 0 Å². The van der Waals surface area contributed by atoms with E-state index in [0.717, 1.165) is 46.1 Å². The third kappa shape index (κ3) is 2.15. The molecule has 0 fully saturated rings. The highest BCUT2D eigenvalue weighted by atomic mass is 15.1. The molecule has 0 N–H and O–H groups in total. The summed E-state index contributed by atoms with van der Waals surface area (Å²) in [5.74, 6) is 0. The van der Waals surface area contributed by atoms with Gasteiger partial charge in [0.25, 0.3) is 0 Å². The van der Waals surface area contributed by atoms with E-state index < -0.39 is 0 Å². The molecule has 0 saturated heterocycles. The maximum Gasteiger partial charge on any atom is 0.178 e. The topological polar surface area (TPSA) is 43.1 Å². The van der Waals surface area contributed by atoms with Gasteiger partial charge in [0.05, 0.1) is 5.52 Å². The van der Waals surface area contributed by atoms with Gasteiger partial charge < -0.3 is 0 Å². The average molecular weight is 447 g/mol. The predicted octanol–water partition coefficient (Wildman–Crippen LogP) is 6.73. The minimum atomic E-state index is 0.753. The van der Waals surface area contributed by atoms with Gasteiger partial charge in [-0.1, -0.05) is 36.4 Å². The highest BCUT2D eigenvalue weighted by molar-refractivity contribution is 6.19. The number of hydrogen-bond acceptors (Lipinski definition) is 3. The van der Waals surface area contributed by atoms with Crippen molar-refractivity contribution >= 4 is 38.6 Å². The van der Waals surface area contributed by atoms with Crippen LogP contribution in [0.3, 0.4) is 0 Å². The van der Waals surface area contributed by atoms with Crippen LogP contribution in [0.1, 0.15) is 22.3 Å². The van der Waals surface area contributed by atoms with Crippen molar-refractivity contribution in [1.82, 2.24) is 19.4 Å². The van der Waals surface area contributed by atoms with Gasteiger partial charge in [0.1, 0.15) is 11.3 Å². The van der Waals surface area contributed by atoms with Gasteiger partial charge in [-0.25, -0.2) is 15.0 Å². The Labute approximate surface area is 200 Å². The highest BCUT2D eigenvalue weighted by Gasteiger charge is 2.28. The molecule has 0 unspecified atom stereocenters. The van der Waals surface area contributed by atoms with Gasteiger partial charge in [0.15, 0.2) is 5.65 Å². The number of hydrogen-bond donors (Lipinski definition) is 0. The Morgan fingerprint density at radius 2 is 1.40 bits per heavy atom. The molecule has 3 aromatic carbocycles. The van der Waals surface area contributed by atoms with Crippen LogP contribution in [0.4, 0.5) is 0 Å². The summed E-state index contributed by atoms with van der Waals surface area (Å²) in [6.07, 6.45) is 5.64. The number of nitrogens with zero attached hydrogens (tertiary/aromatic N) is 4. The van der Waals surface area contributed by atoms with E-state index in [1.807, 2.05) is 18.3 Å². The lowest BCUT2D eigenvalue weighted by Crippen LogP contribution is -1.95. The molecule has 4 heteroatoms. The van der Waals surface area contributed by atoms with E-state index in [1.54, 1.807) is 6.20 Å². The van der Waals surface area contributed by atoms with Crippen LogP contribution >= 0.6 is 0 Å². The lowest BCUT2D eigenvalue weighted by molar-refractivity contribution is 1.23. The van der Waals surface area contributed by atoms with Crippen molar-refractivity contribution < 1.29 is 0 Å². The van der Waals surface area contributed by atoms with E-state index >= 15 is 0 Å². The molecule has 4 nitrogen and oxygen atoms in total. The van der Waals surface area contributed by atoms with Crippen LogP contribution in [0.2, 0.25) is 0 Å². The maximum atomic E-state index is 4.97. The number of rotatable bonds is 0. The SMILES string of the molecule is c1ccc2c(c1)Cc1cc3c(cc1-2)Cc1ccc2c(c1-3)c1cccnc1n1c3cccnc3nc21. The monoisotopic (exact) mass is 446 g/mol. The molecule has 9 rings (SSSR count). The molecule has 0 saturated carbocycles. The standard InChI is InChI=1S/C31H18N4/c1-2-6-21-17(5-1)13-19-16-25-20(15-24(19)21)14-18-9-10-23-28(27(18)25)22-7-3-12-33-30(22)35-26-8-4-11-32-29(26)34-31(23)35/h1-12,15-16H,13-14H2. The molecule has 0 aliphatic heterocycles. The molecule has 7 aromatic rings. The first-order chi connectivity index (χ1) is 17.3. The van der Waals surface area contributed by atoms with Crippen LogP contribution in [0, 0.1) is 0 Å². The molecule has 0 amide bonds. The first-order valence-electron chi connectivity index (χ1n) is 12.0. The van der Waals surface area contributed by atoms with Gasteiger partial charge in [-0.3, -0.25) is 4.40 Å². The molecule has 0 bridgehead atoms. The number of aromatic nitrogens is 4. The van der Waals surface area contributed by atoms with Gasteiger partial charge in [0.2, 0.25) is 0 Å². The summed E-state index contributed by atoms with van der Waals surface area (Å²) < 4.78 is 2.17. The molecule has 0 atom stereocenters. The second-order valence-electron chi connectivity index (χ2n) is 9.69. The fraction of sp³-hybridized carbons (Fsp3) is 0.0645. The summed E-state index contributed by atoms with van der Waals surface area (Å²) in [6.45, 7) is 0. The Morgan fingerprint density at radius 1 is 0.600 bits per heavy atom. The van der Waals surface area contributed by atoms with E-state index in [0.29, 0.717) is 0 Å². The Hall–Kier alpha value is -4.57. The number of benzene rings is 3. The lowest BCUT2D eigenvalue weighted by Gasteiger charge is -2.13. The fourth-order valence-corrected chi connectivity index (χ4v) is 6.46. The summed E-state index contributed by atoms with van der Waals surface area (Å²) in [6, 6.07) is 26.5. The van der Waals surface area contributed by atoms with Crippen molar-refractivity contribution in [3.8, 4) is 22.3 Å². The number of pyridine rings is 3. The van der Waals surface area contributed by atoms with Gasteiger partial charge in [-0.05, 0) is 93.7 Å². The largest absolute Gasteiger partial charge is 0.274 e. The Kier molecular flexibility index (Phi) is 3.11. The summed E-state index contributed by atoms with van der Waals surface area (Å²) in [4.78, 5) is 14.4. The molecule has 2 aliphatic carbocycles. The van der Waals surface area contributed by atoms with Crippen LogP contribution in [0.25, 0.3) is 60.9 Å². The van der Waals surface area contributed by atoms with E-state index in [1.165, 1.54) is 49.9 Å². The van der Waals surface area contributed by atoms with Gasteiger partial charge >= 0.3 is 0 Å². The lowest BCUT2D eigenvalue weighted by atomic mass is 9.94. The van der Waals surface area contributed by atoms with Gasteiger partial charge in [-0.2, -0.15) is 0 Å². The van der Waals surface area contributed by atoms with E-state index in [-0.39, 0.29) is 0 Å². The molecular formula is C31H18N4. The minimum absolute atomic E-state index is 0.753. The van der Waals surface area contributed by atoms with Crippen molar-refractivity contribution in [3.05, 3.63) is 107 Å². The third-order valence-corrected chi connectivity index (χ3v) is 7.90. The second-order valence-corrected chi connectivity index (χ2v) is 9.69. The third-order valence-electron chi connectivity index (χ3n) is 7.90. The Balaban J connectivity index is 1.43. The maximum absolute atomic E-state index is 4.97. The van der Waals surface area contributed by atoms with Crippen molar-refractivity contribution in [2.24, 2.45) is 0 Å². The smallest absolute Gasteiger partial charge is 0.178 e. The van der Waals surface area contributed by atoms with Crippen LogP contribution in [-0.2, 0) is 12.8 Å². The molecule has 4 heterocycles. The highest BCUT2D eigenvalue weighted by Crippen LogP contribution is 2.48. The molecule has 4 aromatic heterocycles. The molecule has 35 heavy (non-hydrogen) atoms. The molecule has 0 radical (unpaired) electrons. The Morgan fingerprint density at radius 3 is 2.40 bits per heavy atom. The van der Waals surface area contributed by atoms with Crippen LogP contribution in [0.5, 0.6) is 0 Å². The van der Waals surface area contributed by atoms with Crippen molar-refractivity contribution in [1.29, 1.82) is 0 Å². The van der Waals surface area contributed by atoms with E-state index in [4.69, 9.17) is 9.97 Å². The second kappa shape index (κ2) is 6.10. The summed E-state index contributed by atoms with van der Waals surface area (Å²) in [7, 11) is 0. The summed E-state index contributed by atoms with van der Waals surface area (Å²) >= 11 is 0. The number of fused-ring (bicyclic) bond motifs is 15. The van der Waals surface area contributed by atoms with Crippen LogP contribution in [-0.4, -0.2) is 19.4 Å². The summed E-state index contributed by atoms with van der Waals surface area (Å²) in [5, 5.41) is 3.56. The van der Waals surface area contributed by atoms with E-state index in [9.17, 15) is 0 Å². The van der Waals surface area contributed by atoms with Gasteiger partial charge in [0, 0.05) is 28.6 Å². The average Bonchev–Trinajstić information content (AvgIpc) is 3.58. The predicted molar refractivity (Wildman–Crippen MR) is 140 cm³/mol. The van der Waals surface area contributed by atoms with Crippen molar-refractivity contribution in [3.63, 3.8) is 0 Å².